The summed E-state index contributed by atoms with van der Waals surface area (Å²) in [5, 5.41) is 5.95. The number of aryl methyl sites for hydroxylation is 2. The van der Waals surface area contributed by atoms with Crippen molar-refractivity contribution in [1.29, 1.82) is 0 Å². The SMILES string of the molecule is CCCN1C[C@@H](NC(=O)CCc2c(C)nc(=O)[nH]c2C)C[C@H]1C(=O)NCC. The number of rotatable bonds is 8. The van der Waals surface area contributed by atoms with Crippen LogP contribution in [0.15, 0.2) is 4.79 Å². The van der Waals surface area contributed by atoms with Crippen LogP contribution in [0.25, 0.3) is 0 Å². The van der Waals surface area contributed by atoms with Gasteiger partial charge in [0.15, 0.2) is 0 Å². The number of nitrogens with zero attached hydrogens (tertiary/aromatic N) is 2. The minimum Gasteiger partial charge on any atom is -0.355 e. The van der Waals surface area contributed by atoms with E-state index in [0.717, 1.165) is 24.2 Å². The number of carbonyl (C=O) groups is 2. The molecule has 1 saturated heterocycles. The van der Waals surface area contributed by atoms with Gasteiger partial charge in [-0.2, -0.15) is 4.98 Å². The highest BCUT2D eigenvalue weighted by Crippen LogP contribution is 2.19. The van der Waals surface area contributed by atoms with Crippen LogP contribution >= 0.6 is 0 Å². The second-order valence-electron chi connectivity index (χ2n) is 7.14. The van der Waals surface area contributed by atoms with Gasteiger partial charge in [0.25, 0.3) is 0 Å². The van der Waals surface area contributed by atoms with Gasteiger partial charge in [-0.25, -0.2) is 4.79 Å². The van der Waals surface area contributed by atoms with Gasteiger partial charge in [0.2, 0.25) is 11.8 Å². The molecule has 2 amide bonds. The molecule has 0 aromatic carbocycles. The van der Waals surface area contributed by atoms with Gasteiger partial charge in [-0.15, -0.1) is 0 Å². The number of hydrogen-bond acceptors (Lipinski definition) is 5. The number of aromatic nitrogens is 2. The van der Waals surface area contributed by atoms with Crippen LogP contribution < -0.4 is 16.3 Å². The van der Waals surface area contributed by atoms with Gasteiger partial charge in [-0.1, -0.05) is 6.92 Å². The average Bonchev–Trinajstić information content (AvgIpc) is 2.97. The molecule has 1 aromatic heterocycles. The summed E-state index contributed by atoms with van der Waals surface area (Å²) in [5.41, 5.74) is 1.96. The molecule has 1 aliphatic rings. The molecule has 3 N–H and O–H groups in total. The maximum atomic E-state index is 12.4. The van der Waals surface area contributed by atoms with Gasteiger partial charge in [0, 0.05) is 36.9 Å². The maximum Gasteiger partial charge on any atom is 0.345 e. The molecular formula is C19H31N5O3. The van der Waals surface area contributed by atoms with Crippen LogP contribution in [0, 0.1) is 13.8 Å². The summed E-state index contributed by atoms with van der Waals surface area (Å²) in [4.78, 5) is 44.8. The molecule has 2 atom stereocenters. The molecule has 8 nitrogen and oxygen atoms in total. The highest BCUT2D eigenvalue weighted by molar-refractivity contribution is 5.82. The van der Waals surface area contributed by atoms with E-state index in [2.05, 4.69) is 32.4 Å². The largest absolute Gasteiger partial charge is 0.355 e. The number of likely N-dealkylation sites (tertiary alicyclic amines) is 1. The fourth-order valence-electron chi connectivity index (χ4n) is 3.77. The Morgan fingerprint density at radius 2 is 2.04 bits per heavy atom. The Hall–Kier alpha value is -2.22. The van der Waals surface area contributed by atoms with E-state index in [1.807, 2.05) is 13.8 Å². The lowest BCUT2D eigenvalue weighted by Crippen LogP contribution is -2.43. The van der Waals surface area contributed by atoms with E-state index in [-0.39, 0.29) is 29.6 Å². The van der Waals surface area contributed by atoms with Crippen molar-refractivity contribution >= 4 is 11.8 Å². The molecule has 2 heterocycles. The summed E-state index contributed by atoms with van der Waals surface area (Å²) in [6.45, 7) is 9.74. The number of aromatic amines is 1. The lowest BCUT2D eigenvalue weighted by molar-refractivity contribution is -0.125. The van der Waals surface area contributed by atoms with Crippen LogP contribution in [0.4, 0.5) is 0 Å². The van der Waals surface area contributed by atoms with Crippen molar-refractivity contribution in [3.05, 3.63) is 27.4 Å². The molecule has 27 heavy (non-hydrogen) atoms. The number of H-pyrrole nitrogens is 1. The van der Waals surface area contributed by atoms with E-state index in [9.17, 15) is 14.4 Å². The Morgan fingerprint density at radius 1 is 1.30 bits per heavy atom. The third-order valence-electron chi connectivity index (χ3n) is 4.99. The molecule has 0 unspecified atom stereocenters. The molecule has 1 fully saturated rings. The second-order valence-corrected chi connectivity index (χ2v) is 7.14. The van der Waals surface area contributed by atoms with Gasteiger partial charge < -0.3 is 15.6 Å². The predicted octanol–water partition coefficient (Wildman–Crippen LogP) is 0.425. The van der Waals surface area contributed by atoms with Crippen LogP contribution in [0.3, 0.4) is 0 Å². The van der Waals surface area contributed by atoms with Gasteiger partial charge in [-0.3, -0.25) is 14.5 Å². The molecule has 0 radical (unpaired) electrons. The monoisotopic (exact) mass is 377 g/mol. The molecule has 8 heteroatoms. The van der Waals surface area contributed by atoms with E-state index in [1.165, 1.54) is 0 Å². The van der Waals surface area contributed by atoms with E-state index in [1.54, 1.807) is 6.92 Å². The summed E-state index contributed by atoms with van der Waals surface area (Å²) in [7, 11) is 0. The number of carbonyl (C=O) groups excluding carboxylic acids is 2. The van der Waals surface area contributed by atoms with Crippen molar-refractivity contribution in [3.63, 3.8) is 0 Å². The second kappa shape index (κ2) is 9.64. The fraction of sp³-hybridized carbons (Fsp3) is 0.684. The van der Waals surface area contributed by atoms with Gasteiger partial charge >= 0.3 is 5.69 Å². The Labute approximate surface area is 160 Å². The quantitative estimate of drug-likeness (QED) is 0.609. The van der Waals surface area contributed by atoms with E-state index >= 15 is 0 Å². The van der Waals surface area contributed by atoms with Gasteiger partial charge in [-0.05, 0) is 52.1 Å². The van der Waals surface area contributed by atoms with Gasteiger partial charge in [0.1, 0.15) is 0 Å². The van der Waals surface area contributed by atoms with Crippen molar-refractivity contribution in [2.75, 3.05) is 19.6 Å². The highest BCUT2D eigenvalue weighted by atomic mass is 16.2. The Bertz CT molecular complexity index is 704. The normalized spacial score (nSPS) is 19.9. The highest BCUT2D eigenvalue weighted by Gasteiger charge is 2.36. The van der Waals surface area contributed by atoms with E-state index < -0.39 is 0 Å². The molecule has 0 aliphatic carbocycles. The zero-order valence-electron chi connectivity index (χ0n) is 16.7. The first-order valence-electron chi connectivity index (χ1n) is 9.73. The first-order valence-corrected chi connectivity index (χ1v) is 9.73. The Balaban J connectivity index is 1.92. The molecule has 2 rings (SSSR count). The lowest BCUT2D eigenvalue weighted by atomic mass is 10.1. The molecular weight excluding hydrogens is 346 g/mol. The first-order chi connectivity index (χ1) is 12.8. The molecule has 0 bridgehead atoms. The van der Waals surface area contributed by atoms with E-state index in [4.69, 9.17) is 0 Å². The van der Waals surface area contributed by atoms with Crippen molar-refractivity contribution in [1.82, 2.24) is 25.5 Å². The molecule has 0 saturated carbocycles. The molecule has 150 valence electrons. The lowest BCUT2D eigenvalue weighted by Gasteiger charge is -2.22. The maximum absolute atomic E-state index is 12.4. The predicted molar refractivity (Wildman–Crippen MR) is 104 cm³/mol. The van der Waals surface area contributed by atoms with Crippen LogP contribution in [0.1, 0.15) is 50.1 Å². The van der Waals surface area contributed by atoms with Crippen LogP contribution in [0.5, 0.6) is 0 Å². The van der Waals surface area contributed by atoms with Crippen molar-refractivity contribution in [2.45, 2.75) is 65.5 Å². The number of hydrogen-bond donors (Lipinski definition) is 3. The minimum atomic E-state index is -0.364. The minimum absolute atomic E-state index is 0.0208. The smallest absolute Gasteiger partial charge is 0.345 e. The Kier molecular flexibility index (Phi) is 7.53. The first kappa shape index (κ1) is 21.1. The summed E-state index contributed by atoms with van der Waals surface area (Å²) >= 11 is 0. The average molecular weight is 377 g/mol. The van der Waals surface area contributed by atoms with Crippen LogP contribution in [-0.4, -0.2) is 58.4 Å². The zero-order valence-corrected chi connectivity index (χ0v) is 16.7. The molecule has 1 aromatic rings. The fourth-order valence-corrected chi connectivity index (χ4v) is 3.77. The molecule has 1 aliphatic heterocycles. The topological polar surface area (TPSA) is 107 Å². The van der Waals surface area contributed by atoms with Crippen LogP contribution in [0.2, 0.25) is 0 Å². The molecule has 0 spiro atoms. The summed E-state index contributed by atoms with van der Waals surface area (Å²) < 4.78 is 0. The summed E-state index contributed by atoms with van der Waals surface area (Å²) in [6.07, 6.45) is 2.45. The van der Waals surface area contributed by atoms with Crippen molar-refractivity contribution in [2.24, 2.45) is 0 Å². The van der Waals surface area contributed by atoms with Crippen molar-refractivity contribution < 1.29 is 9.59 Å². The third kappa shape index (κ3) is 5.63. The number of nitrogens with one attached hydrogen (secondary N) is 3. The summed E-state index contributed by atoms with van der Waals surface area (Å²) in [5.74, 6) is -0.00809. The van der Waals surface area contributed by atoms with Gasteiger partial charge in [0.05, 0.1) is 6.04 Å². The van der Waals surface area contributed by atoms with Crippen molar-refractivity contribution in [3.8, 4) is 0 Å². The number of amides is 2. The Morgan fingerprint density at radius 3 is 2.67 bits per heavy atom. The van der Waals surface area contributed by atoms with E-state index in [0.29, 0.717) is 38.0 Å². The standard InChI is InChI=1S/C19H31N5O3/c1-5-9-24-11-14(10-16(24)18(26)20-6-2)23-17(25)8-7-15-12(3)21-19(27)22-13(15)4/h14,16H,5-11H2,1-4H3,(H,20,26)(H,23,25)(H,21,22,27)/t14-,16-/m0/s1. The third-order valence-corrected chi connectivity index (χ3v) is 4.99. The van der Waals surface area contributed by atoms with Crippen LogP contribution in [-0.2, 0) is 16.0 Å². The summed E-state index contributed by atoms with van der Waals surface area (Å²) in [6, 6.07) is -0.198. The number of likely N-dealkylation sites (N-methyl/N-ethyl adjacent to an activating group) is 1. The zero-order chi connectivity index (χ0) is 20.0.